The number of H-pyrrole nitrogens is 1. The standard InChI is InChI=1S/C19H19N3O2/c1-20-19(24)16-4-2-3-15(9-16)13-5-7-14(8-6-13)18(23)10-17-11-21-12-22-17/h2-9,11-12,18,23H,10H2,1H3,(H,20,24)(H,21,22). The van der Waals surface area contributed by atoms with Crippen LogP contribution in [-0.2, 0) is 6.42 Å². The van der Waals surface area contributed by atoms with Crippen LogP contribution in [0.3, 0.4) is 0 Å². The van der Waals surface area contributed by atoms with Gasteiger partial charge in [-0.1, -0.05) is 36.4 Å². The molecule has 2 aromatic carbocycles. The van der Waals surface area contributed by atoms with Crippen LogP contribution in [0.25, 0.3) is 11.1 Å². The van der Waals surface area contributed by atoms with Gasteiger partial charge in [-0.05, 0) is 28.8 Å². The average Bonchev–Trinajstić information content (AvgIpc) is 3.14. The molecule has 1 amide bonds. The van der Waals surface area contributed by atoms with E-state index in [1.807, 2.05) is 42.5 Å². The van der Waals surface area contributed by atoms with Crippen molar-refractivity contribution < 1.29 is 9.90 Å². The number of aliphatic hydroxyl groups is 1. The first-order valence-electron chi connectivity index (χ1n) is 7.75. The Morgan fingerprint density at radius 1 is 1.21 bits per heavy atom. The van der Waals surface area contributed by atoms with Crippen molar-refractivity contribution >= 4 is 5.91 Å². The molecule has 0 bridgehead atoms. The van der Waals surface area contributed by atoms with E-state index >= 15 is 0 Å². The molecule has 0 aliphatic rings. The molecule has 1 aromatic heterocycles. The highest BCUT2D eigenvalue weighted by molar-refractivity contribution is 5.95. The van der Waals surface area contributed by atoms with E-state index in [1.54, 1.807) is 25.6 Å². The van der Waals surface area contributed by atoms with Crippen molar-refractivity contribution in [1.82, 2.24) is 15.3 Å². The SMILES string of the molecule is CNC(=O)c1cccc(-c2ccc(C(O)Cc3c[nH]cn3)cc2)c1. The van der Waals surface area contributed by atoms with Crippen molar-refractivity contribution in [3.8, 4) is 11.1 Å². The van der Waals surface area contributed by atoms with Gasteiger partial charge in [-0.15, -0.1) is 0 Å². The number of imidazole rings is 1. The number of rotatable bonds is 5. The number of carbonyl (C=O) groups excluding carboxylic acids is 1. The van der Waals surface area contributed by atoms with Crippen molar-refractivity contribution in [3.63, 3.8) is 0 Å². The smallest absolute Gasteiger partial charge is 0.251 e. The molecule has 3 aromatic rings. The van der Waals surface area contributed by atoms with Crippen LogP contribution in [0.2, 0.25) is 0 Å². The van der Waals surface area contributed by atoms with Gasteiger partial charge >= 0.3 is 0 Å². The van der Waals surface area contributed by atoms with Crippen molar-refractivity contribution in [2.24, 2.45) is 0 Å². The molecule has 1 unspecified atom stereocenters. The Labute approximate surface area is 140 Å². The molecule has 0 aliphatic carbocycles. The van der Waals surface area contributed by atoms with E-state index in [9.17, 15) is 9.90 Å². The maximum absolute atomic E-state index is 11.7. The number of carbonyl (C=O) groups is 1. The minimum Gasteiger partial charge on any atom is -0.388 e. The van der Waals surface area contributed by atoms with Crippen molar-refractivity contribution in [2.45, 2.75) is 12.5 Å². The van der Waals surface area contributed by atoms with Gasteiger partial charge in [0.15, 0.2) is 0 Å². The summed E-state index contributed by atoms with van der Waals surface area (Å²) in [6, 6.07) is 15.2. The fourth-order valence-corrected chi connectivity index (χ4v) is 2.60. The summed E-state index contributed by atoms with van der Waals surface area (Å²) in [4.78, 5) is 18.7. The van der Waals surface area contributed by atoms with Crippen LogP contribution in [0, 0.1) is 0 Å². The number of aromatic amines is 1. The average molecular weight is 321 g/mol. The lowest BCUT2D eigenvalue weighted by atomic mass is 9.99. The Morgan fingerprint density at radius 3 is 2.67 bits per heavy atom. The van der Waals surface area contributed by atoms with Crippen LogP contribution in [0.4, 0.5) is 0 Å². The summed E-state index contributed by atoms with van der Waals surface area (Å²) in [7, 11) is 1.62. The first kappa shape index (κ1) is 16.0. The zero-order chi connectivity index (χ0) is 16.9. The van der Waals surface area contributed by atoms with E-state index in [0.717, 1.165) is 22.4 Å². The van der Waals surface area contributed by atoms with Crippen LogP contribution in [-0.4, -0.2) is 28.0 Å². The van der Waals surface area contributed by atoms with Crippen LogP contribution >= 0.6 is 0 Å². The highest BCUT2D eigenvalue weighted by Crippen LogP contribution is 2.24. The van der Waals surface area contributed by atoms with Gasteiger partial charge < -0.3 is 15.4 Å². The third-order valence-corrected chi connectivity index (χ3v) is 3.94. The lowest BCUT2D eigenvalue weighted by Crippen LogP contribution is -2.17. The molecule has 5 nitrogen and oxygen atoms in total. The van der Waals surface area contributed by atoms with Gasteiger partial charge in [-0.2, -0.15) is 0 Å². The number of aromatic nitrogens is 2. The van der Waals surface area contributed by atoms with E-state index in [-0.39, 0.29) is 5.91 Å². The molecule has 0 fully saturated rings. The lowest BCUT2D eigenvalue weighted by molar-refractivity contribution is 0.0963. The summed E-state index contributed by atoms with van der Waals surface area (Å²) in [6.45, 7) is 0. The highest BCUT2D eigenvalue weighted by atomic mass is 16.3. The van der Waals surface area contributed by atoms with E-state index < -0.39 is 6.10 Å². The van der Waals surface area contributed by atoms with Gasteiger partial charge in [0.05, 0.1) is 18.1 Å². The number of aliphatic hydroxyl groups excluding tert-OH is 1. The Hall–Kier alpha value is -2.92. The van der Waals surface area contributed by atoms with Crippen LogP contribution in [0.1, 0.15) is 27.7 Å². The van der Waals surface area contributed by atoms with E-state index in [4.69, 9.17) is 0 Å². The quantitative estimate of drug-likeness (QED) is 0.676. The first-order valence-corrected chi connectivity index (χ1v) is 7.75. The van der Waals surface area contributed by atoms with Gasteiger partial charge in [0, 0.05) is 25.2 Å². The third kappa shape index (κ3) is 3.52. The van der Waals surface area contributed by atoms with Crippen LogP contribution in [0.5, 0.6) is 0 Å². The number of amides is 1. The lowest BCUT2D eigenvalue weighted by Gasteiger charge is -2.11. The molecule has 0 saturated carbocycles. The molecule has 3 rings (SSSR count). The topological polar surface area (TPSA) is 78.0 Å². The van der Waals surface area contributed by atoms with Crippen LogP contribution in [0.15, 0.2) is 61.1 Å². The summed E-state index contributed by atoms with van der Waals surface area (Å²) in [6.07, 6.45) is 3.25. The van der Waals surface area contributed by atoms with Gasteiger partial charge in [-0.25, -0.2) is 4.98 Å². The molecule has 0 spiro atoms. The van der Waals surface area contributed by atoms with Crippen LogP contribution < -0.4 is 5.32 Å². The van der Waals surface area contributed by atoms with Crippen molar-refractivity contribution in [1.29, 1.82) is 0 Å². The van der Waals surface area contributed by atoms with Gasteiger partial charge in [0.1, 0.15) is 0 Å². The fourth-order valence-electron chi connectivity index (χ4n) is 2.60. The molecule has 1 atom stereocenters. The largest absolute Gasteiger partial charge is 0.388 e. The Kier molecular flexibility index (Phi) is 4.72. The Bertz CT molecular complexity index is 811. The number of hydrogen-bond acceptors (Lipinski definition) is 3. The summed E-state index contributed by atoms with van der Waals surface area (Å²) < 4.78 is 0. The zero-order valence-corrected chi connectivity index (χ0v) is 13.4. The zero-order valence-electron chi connectivity index (χ0n) is 13.4. The number of nitrogens with zero attached hydrogens (tertiary/aromatic N) is 1. The number of benzene rings is 2. The first-order chi connectivity index (χ1) is 11.7. The molecule has 3 N–H and O–H groups in total. The highest BCUT2D eigenvalue weighted by Gasteiger charge is 2.10. The molecular formula is C19H19N3O2. The molecule has 0 saturated heterocycles. The molecular weight excluding hydrogens is 302 g/mol. The normalized spacial score (nSPS) is 11.9. The van der Waals surface area contributed by atoms with Gasteiger partial charge in [0.25, 0.3) is 5.91 Å². The van der Waals surface area contributed by atoms with Gasteiger partial charge in [0.2, 0.25) is 0 Å². The Morgan fingerprint density at radius 2 is 2.00 bits per heavy atom. The summed E-state index contributed by atoms with van der Waals surface area (Å²) in [5.74, 6) is -0.108. The van der Waals surface area contributed by atoms with E-state index in [1.165, 1.54) is 0 Å². The second-order valence-electron chi connectivity index (χ2n) is 5.56. The van der Waals surface area contributed by atoms with E-state index in [2.05, 4.69) is 15.3 Å². The maximum Gasteiger partial charge on any atom is 0.251 e. The second kappa shape index (κ2) is 7.10. The fraction of sp³-hybridized carbons (Fsp3) is 0.158. The van der Waals surface area contributed by atoms with Crippen molar-refractivity contribution in [2.75, 3.05) is 7.05 Å². The van der Waals surface area contributed by atoms with E-state index in [0.29, 0.717) is 12.0 Å². The molecule has 122 valence electrons. The predicted octanol–water partition coefficient (Wildman–Crippen LogP) is 2.71. The monoisotopic (exact) mass is 321 g/mol. The molecule has 24 heavy (non-hydrogen) atoms. The molecule has 0 aliphatic heterocycles. The minimum absolute atomic E-state index is 0.108. The molecule has 1 heterocycles. The number of nitrogens with one attached hydrogen (secondary N) is 2. The molecule has 5 heteroatoms. The molecule has 0 radical (unpaired) electrons. The maximum atomic E-state index is 11.7. The predicted molar refractivity (Wildman–Crippen MR) is 92.5 cm³/mol. The number of hydrogen-bond donors (Lipinski definition) is 3. The van der Waals surface area contributed by atoms with Crippen molar-refractivity contribution in [3.05, 3.63) is 77.9 Å². The minimum atomic E-state index is -0.598. The Balaban J connectivity index is 1.78. The summed E-state index contributed by atoms with van der Waals surface area (Å²) in [5.41, 5.74) is 4.24. The second-order valence-corrected chi connectivity index (χ2v) is 5.56. The van der Waals surface area contributed by atoms with Gasteiger partial charge in [-0.3, -0.25) is 4.79 Å². The summed E-state index contributed by atoms with van der Waals surface area (Å²) >= 11 is 0. The third-order valence-electron chi connectivity index (χ3n) is 3.94. The summed E-state index contributed by atoms with van der Waals surface area (Å²) in [5, 5.41) is 12.9.